The first-order valence-electron chi connectivity index (χ1n) is 10.0. The van der Waals surface area contributed by atoms with E-state index in [0.717, 1.165) is 0 Å². The fourth-order valence-corrected chi connectivity index (χ4v) is 4.35. The summed E-state index contributed by atoms with van der Waals surface area (Å²) >= 11 is 0. The highest BCUT2D eigenvalue weighted by Crippen LogP contribution is 2.27. The van der Waals surface area contributed by atoms with Gasteiger partial charge in [0.25, 0.3) is 5.89 Å². The number of likely N-dealkylation sites (tertiary alicyclic amines) is 1. The smallest absolute Gasteiger partial charge is 0.311 e. The van der Waals surface area contributed by atoms with Crippen molar-refractivity contribution in [3.05, 3.63) is 36.4 Å². The number of carbonyl (C=O) groups is 1. The molecular formula is C20H31N7O4S. The van der Waals surface area contributed by atoms with E-state index in [0.29, 0.717) is 30.8 Å². The van der Waals surface area contributed by atoms with Gasteiger partial charge in [0.15, 0.2) is 21.3 Å². The van der Waals surface area contributed by atoms with Gasteiger partial charge in [0.2, 0.25) is 0 Å². The summed E-state index contributed by atoms with van der Waals surface area (Å²) in [5, 5.41) is 7.20. The van der Waals surface area contributed by atoms with Crippen molar-refractivity contribution in [2.24, 2.45) is 5.73 Å². The lowest BCUT2D eigenvalue weighted by atomic mass is 10.1. The van der Waals surface area contributed by atoms with Crippen LogP contribution in [0.1, 0.15) is 36.7 Å². The lowest BCUT2D eigenvalue weighted by molar-refractivity contribution is 0.0752. The molecule has 1 unspecified atom stereocenters. The standard InChI is InChI=1S/C20H23N7O4S.4H2/c1-11(2)32(29,30)14-5-3-12(4-6-14)15-9-23-17(22)16(24-15)18-25-26-19(31-18)20(28)27-8-7-13(21)10-27;;;;/h3-6,9,11,13H,7-8,10,21H2,1-2H3,(H2,22,23);4*1H. The van der Waals surface area contributed by atoms with Crippen LogP contribution in [0.15, 0.2) is 39.8 Å². The number of benzene rings is 1. The van der Waals surface area contributed by atoms with Gasteiger partial charge in [0.05, 0.1) is 22.0 Å². The van der Waals surface area contributed by atoms with Crippen LogP contribution < -0.4 is 11.5 Å². The molecule has 32 heavy (non-hydrogen) atoms. The molecule has 1 atom stereocenters. The molecule has 0 aliphatic carbocycles. The average molecular weight is 466 g/mol. The number of nitrogens with zero attached hydrogens (tertiary/aromatic N) is 5. The van der Waals surface area contributed by atoms with Crippen LogP contribution in [0.25, 0.3) is 22.8 Å². The molecule has 176 valence electrons. The third-order valence-corrected chi connectivity index (χ3v) is 7.39. The molecule has 2 aromatic heterocycles. The number of hydrogen-bond donors (Lipinski definition) is 2. The second kappa shape index (κ2) is 8.28. The van der Waals surface area contributed by atoms with E-state index < -0.39 is 21.0 Å². The Labute approximate surface area is 190 Å². The average Bonchev–Trinajstić information content (AvgIpc) is 3.43. The van der Waals surface area contributed by atoms with Crippen LogP contribution in [0.4, 0.5) is 5.82 Å². The highest BCUT2D eigenvalue weighted by atomic mass is 32.2. The molecule has 0 radical (unpaired) electrons. The van der Waals surface area contributed by atoms with Crippen molar-refractivity contribution < 1.29 is 23.3 Å². The minimum Gasteiger partial charge on any atom is -0.410 e. The van der Waals surface area contributed by atoms with Crippen LogP contribution in [-0.4, -0.2) is 63.8 Å². The summed E-state index contributed by atoms with van der Waals surface area (Å²) in [6.07, 6.45) is 2.17. The van der Waals surface area contributed by atoms with Crippen molar-refractivity contribution >= 4 is 21.6 Å². The Bertz CT molecular complexity index is 1270. The van der Waals surface area contributed by atoms with E-state index in [1.807, 2.05) is 0 Å². The summed E-state index contributed by atoms with van der Waals surface area (Å²) in [4.78, 5) is 22.9. The minimum atomic E-state index is -3.38. The van der Waals surface area contributed by atoms with Gasteiger partial charge in [-0.1, -0.05) is 12.1 Å². The lowest BCUT2D eigenvalue weighted by Gasteiger charge is -2.12. The number of rotatable bonds is 5. The van der Waals surface area contributed by atoms with Gasteiger partial charge in [0, 0.05) is 30.4 Å². The van der Waals surface area contributed by atoms with Crippen molar-refractivity contribution in [3.8, 4) is 22.8 Å². The maximum Gasteiger partial charge on any atom is 0.311 e. The summed E-state index contributed by atoms with van der Waals surface area (Å²) in [7, 11) is -3.38. The highest BCUT2D eigenvalue weighted by Gasteiger charge is 2.29. The highest BCUT2D eigenvalue weighted by molar-refractivity contribution is 7.92. The predicted octanol–water partition coefficient (Wildman–Crippen LogP) is 2.12. The summed E-state index contributed by atoms with van der Waals surface area (Å²) in [5.41, 5.74) is 13.0. The number of anilines is 1. The van der Waals surface area contributed by atoms with Crippen LogP contribution in [0, 0.1) is 0 Å². The van der Waals surface area contributed by atoms with Crippen molar-refractivity contribution in [2.45, 2.75) is 36.5 Å². The van der Waals surface area contributed by atoms with E-state index >= 15 is 0 Å². The maximum atomic E-state index is 12.5. The number of hydrogen-bond acceptors (Lipinski definition) is 10. The van der Waals surface area contributed by atoms with Crippen LogP contribution in [0.3, 0.4) is 0 Å². The van der Waals surface area contributed by atoms with Crippen molar-refractivity contribution in [1.29, 1.82) is 0 Å². The number of sulfone groups is 1. The monoisotopic (exact) mass is 465 g/mol. The number of aromatic nitrogens is 4. The summed E-state index contributed by atoms with van der Waals surface area (Å²) in [6.45, 7) is 4.21. The first-order chi connectivity index (χ1) is 15.2. The molecule has 3 heterocycles. The molecule has 0 spiro atoms. The van der Waals surface area contributed by atoms with Crippen LogP contribution in [-0.2, 0) is 9.84 Å². The molecular weight excluding hydrogens is 434 g/mol. The van der Waals surface area contributed by atoms with Crippen LogP contribution in [0.2, 0.25) is 0 Å². The van der Waals surface area contributed by atoms with Gasteiger partial charge in [-0.15, -0.1) is 10.2 Å². The number of nitrogens with two attached hydrogens (primary N) is 2. The van der Waals surface area contributed by atoms with E-state index in [1.54, 1.807) is 30.9 Å². The molecule has 4 rings (SSSR count). The van der Waals surface area contributed by atoms with Crippen molar-refractivity contribution in [1.82, 2.24) is 25.1 Å². The van der Waals surface area contributed by atoms with E-state index in [1.165, 1.54) is 18.3 Å². The molecule has 12 heteroatoms. The molecule has 1 aliphatic rings. The molecule has 0 bridgehead atoms. The van der Waals surface area contributed by atoms with E-state index in [4.69, 9.17) is 15.9 Å². The second-order valence-electron chi connectivity index (χ2n) is 7.82. The largest absolute Gasteiger partial charge is 0.410 e. The van der Waals surface area contributed by atoms with Crippen molar-refractivity contribution in [3.63, 3.8) is 0 Å². The minimum absolute atomic E-state index is 0. The molecule has 11 nitrogen and oxygen atoms in total. The quantitative estimate of drug-likeness (QED) is 0.568. The van der Waals surface area contributed by atoms with E-state index in [9.17, 15) is 13.2 Å². The van der Waals surface area contributed by atoms with E-state index in [-0.39, 0.29) is 39.9 Å². The number of amides is 1. The molecule has 1 amide bonds. The zero-order valence-corrected chi connectivity index (χ0v) is 18.4. The third-order valence-electron chi connectivity index (χ3n) is 5.22. The van der Waals surface area contributed by atoms with Gasteiger partial charge < -0.3 is 20.8 Å². The van der Waals surface area contributed by atoms with Gasteiger partial charge in [-0.2, -0.15) is 0 Å². The Morgan fingerprint density at radius 1 is 1.25 bits per heavy atom. The third kappa shape index (κ3) is 4.06. The SMILES string of the molecule is CC(C)S(=O)(=O)c1ccc(-c2cnc(N)c(-c3nnc(C(=O)N4CCC(N)C4)o3)n2)cc1.[HH].[HH].[HH].[HH]. The zero-order chi connectivity index (χ0) is 23.0. The Morgan fingerprint density at radius 3 is 2.59 bits per heavy atom. The molecule has 4 N–H and O–H groups in total. The summed E-state index contributed by atoms with van der Waals surface area (Å²) < 4.78 is 30.2. The van der Waals surface area contributed by atoms with Crippen LogP contribution in [0.5, 0.6) is 0 Å². The normalized spacial score (nSPS) is 16.6. The Kier molecular flexibility index (Phi) is 5.65. The van der Waals surface area contributed by atoms with Crippen molar-refractivity contribution in [2.75, 3.05) is 18.8 Å². The zero-order valence-electron chi connectivity index (χ0n) is 17.6. The Morgan fingerprint density at radius 2 is 1.97 bits per heavy atom. The topological polar surface area (TPSA) is 171 Å². The molecule has 1 fully saturated rings. The molecule has 0 saturated carbocycles. The van der Waals surface area contributed by atoms with Gasteiger partial charge in [0.1, 0.15) is 0 Å². The molecule has 1 aromatic carbocycles. The number of nitrogen functional groups attached to an aromatic ring is 1. The Balaban J connectivity index is 0.00000306. The number of carbonyl (C=O) groups excluding carboxylic acids is 1. The first kappa shape index (κ1) is 21.8. The Hall–Kier alpha value is -3.38. The molecule has 1 saturated heterocycles. The van der Waals surface area contributed by atoms with Gasteiger partial charge in [-0.25, -0.2) is 18.4 Å². The summed E-state index contributed by atoms with van der Waals surface area (Å²) in [6, 6.07) is 6.25. The maximum absolute atomic E-state index is 12.5. The predicted molar refractivity (Wildman–Crippen MR) is 124 cm³/mol. The van der Waals surface area contributed by atoms with Crippen LogP contribution >= 0.6 is 0 Å². The van der Waals surface area contributed by atoms with Gasteiger partial charge >= 0.3 is 11.8 Å². The fourth-order valence-electron chi connectivity index (χ4n) is 3.29. The lowest BCUT2D eigenvalue weighted by Crippen LogP contribution is -2.32. The van der Waals surface area contributed by atoms with Gasteiger partial charge in [-0.3, -0.25) is 4.79 Å². The molecule has 1 aliphatic heterocycles. The van der Waals surface area contributed by atoms with Gasteiger partial charge in [-0.05, 0) is 32.4 Å². The fraction of sp³-hybridized carbons (Fsp3) is 0.350. The summed E-state index contributed by atoms with van der Waals surface area (Å²) in [5.74, 6) is -0.563. The molecule has 3 aromatic rings. The first-order valence-corrected chi connectivity index (χ1v) is 11.6. The second-order valence-corrected chi connectivity index (χ2v) is 10.3. The van der Waals surface area contributed by atoms with E-state index in [2.05, 4.69) is 20.2 Å².